The minimum atomic E-state index is 0.158. The SMILES string of the molecule is COc1ccc(-c2nnc(SCCCC(=O)c3ccccc3)o2)cc1. The van der Waals surface area contributed by atoms with Gasteiger partial charge < -0.3 is 9.15 Å². The summed E-state index contributed by atoms with van der Waals surface area (Å²) >= 11 is 1.46. The number of hydrogen-bond acceptors (Lipinski definition) is 6. The number of methoxy groups -OCH3 is 1. The van der Waals surface area contributed by atoms with E-state index in [1.165, 1.54) is 11.8 Å². The second-order valence-electron chi connectivity index (χ2n) is 5.34. The molecule has 0 fully saturated rings. The highest BCUT2D eigenvalue weighted by molar-refractivity contribution is 7.99. The Balaban J connectivity index is 1.48. The van der Waals surface area contributed by atoms with E-state index in [1.807, 2.05) is 54.6 Å². The third-order valence-corrected chi connectivity index (χ3v) is 4.52. The standard InChI is InChI=1S/C19H18N2O3S/c1-23-16-11-9-15(10-12-16)18-20-21-19(24-18)25-13-5-8-17(22)14-6-3-2-4-7-14/h2-4,6-7,9-12H,5,8,13H2,1H3. The first kappa shape index (κ1) is 17.2. The van der Waals surface area contributed by atoms with E-state index >= 15 is 0 Å². The maximum absolute atomic E-state index is 12.0. The lowest BCUT2D eigenvalue weighted by molar-refractivity contribution is 0.0982. The summed E-state index contributed by atoms with van der Waals surface area (Å²) in [5, 5.41) is 8.61. The summed E-state index contributed by atoms with van der Waals surface area (Å²) in [6.07, 6.45) is 1.27. The third kappa shape index (κ3) is 4.70. The molecule has 0 aliphatic carbocycles. The van der Waals surface area contributed by atoms with E-state index in [2.05, 4.69) is 10.2 Å². The van der Waals surface area contributed by atoms with Crippen molar-refractivity contribution in [3.63, 3.8) is 0 Å². The fraction of sp³-hybridized carbons (Fsp3) is 0.211. The lowest BCUT2D eigenvalue weighted by Gasteiger charge is -2.00. The summed E-state index contributed by atoms with van der Waals surface area (Å²) in [6, 6.07) is 16.8. The zero-order valence-corrected chi connectivity index (χ0v) is 14.7. The van der Waals surface area contributed by atoms with Crippen molar-refractivity contribution in [1.29, 1.82) is 0 Å². The molecule has 3 rings (SSSR count). The van der Waals surface area contributed by atoms with Crippen molar-refractivity contribution in [3.05, 3.63) is 60.2 Å². The first-order valence-electron chi connectivity index (χ1n) is 7.95. The molecule has 0 radical (unpaired) electrons. The van der Waals surface area contributed by atoms with Crippen LogP contribution in [-0.2, 0) is 0 Å². The number of benzene rings is 2. The van der Waals surface area contributed by atoms with Gasteiger partial charge >= 0.3 is 0 Å². The number of rotatable bonds is 8. The van der Waals surface area contributed by atoms with Gasteiger partial charge in [-0.25, -0.2) is 0 Å². The number of nitrogens with zero attached hydrogens (tertiary/aromatic N) is 2. The van der Waals surface area contributed by atoms with Gasteiger partial charge in [-0.1, -0.05) is 42.1 Å². The van der Waals surface area contributed by atoms with E-state index in [9.17, 15) is 4.79 Å². The minimum absolute atomic E-state index is 0.158. The zero-order valence-electron chi connectivity index (χ0n) is 13.8. The largest absolute Gasteiger partial charge is 0.497 e. The van der Waals surface area contributed by atoms with Gasteiger partial charge in [-0.05, 0) is 30.7 Å². The Kier molecular flexibility index (Phi) is 5.85. The topological polar surface area (TPSA) is 65.2 Å². The molecule has 0 amide bonds. The Morgan fingerprint density at radius 3 is 2.56 bits per heavy atom. The van der Waals surface area contributed by atoms with Gasteiger partial charge in [0.2, 0.25) is 5.89 Å². The predicted octanol–water partition coefficient (Wildman–Crippen LogP) is 4.50. The first-order chi connectivity index (χ1) is 12.3. The summed E-state index contributed by atoms with van der Waals surface area (Å²) in [5.74, 6) is 2.17. The lowest BCUT2D eigenvalue weighted by atomic mass is 10.1. The van der Waals surface area contributed by atoms with Gasteiger partial charge in [0.1, 0.15) is 5.75 Å². The number of Topliss-reactive ketones (excluding diaryl/α,β-unsaturated/α-hetero) is 1. The highest BCUT2D eigenvalue weighted by atomic mass is 32.2. The molecule has 128 valence electrons. The van der Waals surface area contributed by atoms with Crippen molar-refractivity contribution in [1.82, 2.24) is 10.2 Å². The molecule has 0 atom stereocenters. The molecule has 5 nitrogen and oxygen atoms in total. The average Bonchev–Trinajstić information content (AvgIpc) is 3.15. The molecule has 0 unspecified atom stereocenters. The number of aromatic nitrogens is 2. The molecule has 1 heterocycles. The smallest absolute Gasteiger partial charge is 0.276 e. The molecular weight excluding hydrogens is 336 g/mol. The number of ether oxygens (including phenoxy) is 1. The first-order valence-corrected chi connectivity index (χ1v) is 8.94. The van der Waals surface area contributed by atoms with Crippen LogP contribution < -0.4 is 4.74 Å². The van der Waals surface area contributed by atoms with Crippen LogP contribution in [-0.4, -0.2) is 28.8 Å². The molecule has 0 saturated heterocycles. The van der Waals surface area contributed by atoms with Crippen molar-refractivity contribution in [2.75, 3.05) is 12.9 Å². The number of hydrogen-bond donors (Lipinski definition) is 0. The van der Waals surface area contributed by atoms with Crippen LogP contribution in [0.1, 0.15) is 23.2 Å². The highest BCUT2D eigenvalue weighted by Gasteiger charge is 2.10. The van der Waals surface area contributed by atoms with Gasteiger partial charge in [0.05, 0.1) is 7.11 Å². The van der Waals surface area contributed by atoms with Gasteiger partial charge in [-0.2, -0.15) is 0 Å². The van der Waals surface area contributed by atoms with Crippen molar-refractivity contribution >= 4 is 17.5 Å². The Labute approximate surface area is 150 Å². The third-order valence-electron chi connectivity index (χ3n) is 3.61. The maximum atomic E-state index is 12.0. The van der Waals surface area contributed by atoms with Crippen LogP contribution in [0.5, 0.6) is 5.75 Å². The molecule has 3 aromatic rings. The molecular formula is C19H18N2O3S. The van der Waals surface area contributed by atoms with Gasteiger partial charge in [-0.3, -0.25) is 4.79 Å². The van der Waals surface area contributed by atoms with Gasteiger partial charge in [0.15, 0.2) is 5.78 Å². The highest BCUT2D eigenvalue weighted by Crippen LogP contribution is 2.25. The number of carbonyl (C=O) groups excluding carboxylic acids is 1. The zero-order chi connectivity index (χ0) is 17.5. The summed E-state index contributed by atoms with van der Waals surface area (Å²) in [5.41, 5.74) is 1.60. The van der Waals surface area contributed by atoms with Crippen LogP contribution in [0.15, 0.2) is 64.2 Å². The van der Waals surface area contributed by atoms with E-state index in [-0.39, 0.29) is 5.78 Å². The Hall–Kier alpha value is -2.60. The van der Waals surface area contributed by atoms with Crippen LogP contribution in [0.25, 0.3) is 11.5 Å². The second kappa shape index (κ2) is 8.48. The summed E-state index contributed by atoms with van der Waals surface area (Å²) in [4.78, 5) is 12.0. The van der Waals surface area contributed by atoms with E-state index < -0.39 is 0 Å². The van der Waals surface area contributed by atoms with Crippen LogP contribution in [0, 0.1) is 0 Å². The molecule has 1 aromatic heterocycles. The van der Waals surface area contributed by atoms with E-state index in [1.54, 1.807) is 7.11 Å². The van der Waals surface area contributed by atoms with Gasteiger partial charge in [0.25, 0.3) is 5.22 Å². The molecule has 2 aromatic carbocycles. The quantitative estimate of drug-likeness (QED) is 0.337. The van der Waals surface area contributed by atoms with Crippen molar-refractivity contribution in [3.8, 4) is 17.2 Å². The van der Waals surface area contributed by atoms with E-state index in [4.69, 9.17) is 9.15 Å². The molecule has 0 saturated carbocycles. The minimum Gasteiger partial charge on any atom is -0.497 e. The number of thioether (sulfide) groups is 1. The Bertz CT molecular complexity index is 816. The van der Waals surface area contributed by atoms with Crippen molar-refractivity contribution < 1.29 is 13.9 Å². The van der Waals surface area contributed by atoms with Crippen LogP contribution in [0.4, 0.5) is 0 Å². The molecule has 0 aliphatic rings. The number of carbonyl (C=O) groups is 1. The molecule has 0 aliphatic heterocycles. The average molecular weight is 354 g/mol. The summed E-state index contributed by atoms with van der Waals surface area (Å²) in [7, 11) is 1.62. The molecule has 25 heavy (non-hydrogen) atoms. The second-order valence-corrected chi connectivity index (χ2v) is 6.39. The van der Waals surface area contributed by atoms with E-state index in [0.717, 1.165) is 29.1 Å². The lowest BCUT2D eigenvalue weighted by Crippen LogP contribution is -1.99. The molecule has 6 heteroatoms. The Morgan fingerprint density at radius 2 is 1.84 bits per heavy atom. The van der Waals surface area contributed by atoms with Crippen LogP contribution in [0.3, 0.4) is 0 Å². The van der Waals surface area contributed by atoms with Crippen LogP contribution in [0.2, 0.25) is 0 Å². The molecule has 0 spiro atoms. The molecule has 0 N–H and O–H groups in total. The van der Waals surface area contributed by atoms with E-state index in [0.29, 0.717) is 17.5 Å². The summed E-state index contributed by atoms with van der Waals surface area (Å²) in [6.45, 7) is 0. The van der Waals surface area contributed by atoms with Crippen LogP contribution >= 0.6 is 11.8 Å². The number of ketones is 1. The fourth-order valence-corrected chi connectivity index (χ4v) is 2.98. The molecule has 0 bridgehead atoms. The normalized spacial score (nSPS) is 10.6. The van der Waals surface area contributed by atoms with Crippen molar-refractivity contribution in [2.24, 2.45) is 0 Å². The maximum Gasteiger partial charge on any atom is 0.276 e. The fourth-order valence-electron chi connectivity index (χ4n) is 2.28. The predicted molar refractivity (Wildman–Crippen MR) is 97.0 cm³/mol. The monoisotopic (exact) mass is 354 g/mol. The Morgan fingerprint density at radius 1 is 1.08 bits per heavy atom. The van der Waals surface area contributed by atoms with Gasteiger partial charge in [-0.15, -0.1) is 10.2 Å². The van der Waals surface area contributed by atoms with Crippen molar-refractivity contribution in [2.45, 2.75) is 18.1 Å². The van der Waals surface area contributed by atoms with Gasteiger partial charge in [0, 0.05) is 23.3 Å². The summed E-state index contributed by atoms with van der Waals surface area (Å²) < 4.78 is 10.8.